The summed E-state index contributed by atoms with van der Waals surface area (Å²) < 4.78 is 0. The van der Waals surface area contributed by atoms with Crippen molar-refractivity contribution in [2.45, 2.75) is 77.2 Å². The number of hydrogen-bond acceptors (Lipinski definition) is 2. The number of rotatable bonds is 7. The van der Waals surface area contributed by atoms with Crippen LogP contribution in [0.1, 0.15) is 71.1 Å². The van der Waals surface area contributed by atoms with Gasteiger partial charge in [0.05, 0.1) is 0 Å². The standard InChI is InChI=1S/C15H30N2O/c1-13-7-6-8-14(11-10-13)17-15(18)9-4-2-3-5-12-16/h13-14H,2-12,16H2,1H3,(H,17,18). The first-order valence-corrected chi connectivity index (χ1v) is 7.71. The maximum Gasteiger partial charge on any atom is 0.220 e. The number of nitrogens with one attached hydrogen (secondary N) is 1. The van der Waals surface area contributed by atoms with Crippen LogP contribution in [0.25, 0.3) is 0 Å². The third kappa shape index (κ3) is 7.00. The van der Waals surface area contributed by atoms with Gasteiger partial charge in [-0.25, -0.2) is 0 Å². The molecule has 1 amide bonds. The van der Waals surface area contributed by atoms with Crippen LogP contribution in [-0.2, 0) is 4.79 Å². The molecule has 0 aliphatic heterocycles. The molecular formula is C15H30N2O. The average molecular weight is 254 g/mol. The van der Waals surface area contributed by atoms with E-state index in [0.717, 1.165) is 38.1 Å². The van der Waals surface area contributed by atoms with Crippen molar-refractivity contribution in [1.29, 1.82) is 0 Å². The van der Waals surface area contributed by atoms with E-state index in [0.29, 0.717) is 12.5 Å². The van der Waals surface area contributed by atoms with E-state index in [2.05, 4.69) is 12.2 Å². The number of unbranched alkanes of at least 4 members (excludes halogenated alkanes) is 3. The van der Waals surface area contributed by atoms with Crippen molar-refractivity contribution in [2.24, 2.45) is 11.7 Å². The SMILES string of the molecule is CC1CCCC(NC(=O)CCCCCCN)CC1. The highest BCUT2D eigenvalue weighted by Crippen LogP contribution is 2.22. The van der Waals surface area contributed by atoms with Crippen molar-refractivity contribution in [2.75, 3.05) is 6.54 Å². The molecule has 1 rings (SSSR count). The van der Waals surface area contributed by atoms with Crippen LogP contribution in [-0.4, -0.2) is 18.5 Å². The Labute approximate surface area is 112 Å². The molecule has 18 heavy (non-hydrogen) atoms. The minimum atomic E-state index is 0.252. The maximum atomic E-state index is 11.8. The lowest BCUT2D eigenvalue weighted by atomic mass is 10.0. The first-order chi connectivity index (χ1) is 8.72. The minimum absolute atomic E-state index is 0.252. The second kappa shape index (κ2) is 9.37. The van der Waals surface area contributed by atoms with Crippen molar-refractivity contribution in [1.82, 2.24) is 5.32 Å². The van der Waals surface area contributed by atoms with Gasteiger partial charge in [-0.2, -0.15) is 0 Å². The molecule has 1 saturated carbocycles. The van der Waals surface area contributed by atoms with E-state index < -0.39 is 0 Å². The summed E-state index contributed by atoms with van der Waals surface area (Å²) in [6.07, 6.45) is 11.3. The fourth-order valence-electron chi connectivity index (χ4n) is 2.71. The Balaban J connectivity index is 2.07. The van der Waals surface area contributed by atoms with E-state index in [1.54, 1.807) is 0 Å². The van der Waals surface area contributed by atoms with Gasteiger partial charge in [0, 0.05) is 12.5 Å². The molecule has 0 aromatic heterocycles. The summed E-state index contributed by atoms with van der Waals surface area (Å²) in [6.45, 7) is 3.09. The summed E-state index contributed by atoms with van der Waals surface area (Å²) >= 11 is 0. The summed E-state index contributed by atoms with van der Waals surface area (Å²) in [4.78, 5) is 11.8. The molecular weight excluding hydrogens is 224 g/mol. The molecule has 0 bridgehead atoms. The maximum absolute atomic E-state index is 11.8. The molecule has 0 saturated heterocycles. The lowest BCUT2D eigenvalue weighted by Crippen LogP contribution is -2.34. The molecule has 3 N–H and O–H groups in total. The summed E-state index contributed by atoms with van der Waals surface area (Å²) in [5.74, 6) is 1.09. The quantitative estimate of drug-likeness (QED) is 0.542. The van der Waals surface area contributed by atoms with Crippen LogP contribution in [0.3, 0.4) is 0 Å². The number of hydrogen-bond donors (Lipinski definition) is 2. The molecule has 1 aliphatic rings. The predicted molar refractivity (Wildman–Crippen MR) is 76.3 cm³/mol. The third-order valence-electron chi connectivity index (χ3n) is 3.98. The van der Waals surface area contributed by atoms with Gasteiger partial charge in [0.2, 0.25) is 5.91 Å². The van der Waals surface area contributed by atoms with Crippen molar-refractivity contribution in [3.05, 3.63) is 0 Å². The fraction of sp³-hybridized carbons (Fsp3) is 0.933. The Bertz CT molecular complexity index is 231. The Morgan fingerprint density at radius 3 is 2.67 bits per heavy atom. The van der Waals surface area contributed by atoms with E-state index >= 15 is 0 Å². The monoisotopic (exact) mass is 254 g/mol. The molecule has 1 fully saturated rings. The van der Waals surface area contributed by atoms with E-state index in [9.17, 15) is 4.79 Å². The lowest BCUT2D eigenvalue weighted by molar-refractivity contribution is -0.122. The number of carbonyl (C=O) groups excluding carboxylic acids is 1. The molecule has 2 atom stereocenters. The van der Waals surface area contributed by atoms with E-state index in [-0.39, 0.29) is 5.91 Å². The Kier molecular flexibility index (Phi) is 8.06. The van der Waals surface area contributed by atoms with Crippen molar-refractivity contribution >= 4 is 5.91 Å². The molecule has 2 unspecified atom stereocenters. The van der Waals surface area contributed by atoms with Gasteiger partial charge in [0.1, 0.15) is 0 Å². The smallest absolute Gasteiger partial charge is 0.220 e. The zero-order chi connectivity index (χ0) is 13.2. The molecule has 3 nitrogen and oxygen atoms in total. The molecule has 0 heterocycles. The molecule has 0 aromatic rings. The van der Waals surface area contributed by atoms with Gasteiger partial charge in [0.15, 0.2) is 0 Å². The van der Waals surface area contributed by atoms with Crippen LogP contribution in [0.15, 0.2) is 0 Å². The van der Waals surface area contributed by atoms with Gasteiger partial charge in [-0.1, -0.05) is 32.6 Å². The van der Waals surface area contributed by atoms with E-state index in [4.69, 9.17) is 5.73 Å². The van der Waals surface area contributed by atoms with Gasteiger partial charge in [0.25, 0.3) is 0 Å². The molecule has 0 spiro atoms. The normalized spacial score (nSPS) is 24.6. The molecule has 3 heteroatoms. The summed E-state index contributed by atoms with van der Waals surface area (Å²) in [5.41, 5.74) is 5.44. The number of nitrogens with two attached hydrogens (primary N) is 1. The highest BCUT2D eigenvalue weighted by molar-refractivity contribution is 5.76. The Hall–Kier alpha value is -0.570. The summed E-state index contributed by atoms with van der Waals surface area (Å²) in [7, 11) is 0. The van der Waals surface area contributed by atoms with Crippen molar-refractivity contribution in [3.8, 4) is 0 Å². The van der Waals surface area contributed by atoms with Gasteiger partial charge >= 0.3 is 0 Å². The Morgan fingerprint density at radius 2 is 1.89 bits per heavy atom. The van der Waals surface area contributed by atoms with Crippen LogP contribution < -0.4 is 11.1 Å². The second-order valence-electron chi connectivity index (χ2n) is 5.83. The molecule has 1 aliphatic carbocycles. The first kappa shape index (κ1) is 15.5. The second-order valence-corrected chi connectivity index (χ2v) is 5.83. The first-order valence-electron chi connectivity index (χ1n) is 7.71. The lowest BCUT2D eigenvalue weighted by Gasteiger charge is -2.16. The zero-order valence-electron chi connectivity index (χ0n) is 11.9. The van der Waals surface area contributed by atoms with Crippen LogP contribution in [0.4, 0.5) is 0 Å². The Morgan fingerprint density at radius 1 is 1.11 bits per heavy atom. The largest absolute Gasteiger partial charge is 0.353 e. The summed E-state index contributed by atoms with van der Waals surface area (Å²) in [5, 5.41) is 3.21. The fourth-order valence-corrected chi connectivity index (χ4v) is 2.71. The van der Waals surface area contributed by atoms with Crippen LogP contribution >= 0.6 is 0 Å². The third-order valence-corrected chi connectivity index (χ3v) is 3.98. The zero-order valence-corrected chi connectivity index (χ0v) is 11.9. The highest BCUT2D eigenvalue weighted by atomic mass is 16.1. The predicted octanol–water partition coefficient (Wildman–Crippen LogP) is 2.98. The average Bonchev–Trinajstić information content (AvgIpc) is 2.54. The van der Waals surface area contributed by atoms with Crippen LogP contribution in [0, 0.1) is 5.92 Å². The summed E-state index contributed by atoms with van der Waals surface area (Å²) in [6, 6.07) is 0.437. The van der Waals surface area contributed by atoms with E-state index in [1.807, 2.05) is 0 Å². The van der Waals surface area contributed by atoms with Crippen molar-refractivity contribution in [3.63, 3.8) is 0 Å². The van der Waals surface area contributed by atoms with Crippen molar-refractivity contribution < 1.29 is 4.79 Å². The number of carbonyl (C=O) groups is 1. The van der Waals surface area contributed by atoms with Crippen LogP contribution in [0.2, 0.25) is 0 Å². The highest BCUT2D eigenvalue weighted by Gasteiger charge is 2.17. The minimum Gasteiger partial charge on any atom is -0.353 e. The van der Waals surface area contributed by atoms with Gasteiger partial charge < -0.3 is 11.1 Å². The van der Waals surface area contributed by atoms with Gasteiger partial charge in [-0.3, -0.25) is 4.79 Å². The molecule has 106 valence electrons. The van der Waals surface area contributed by atoms with Gasteiger partial charge in [-0.05, 0) is 44.6 Å². The molecule has 0 radical (unpaired) electrons. The van der Waals surface area contributed by atoms with E-state index in [1.165, 1.54) is 32.1 Å². The van der Waals surface area contributed by atoms with Crippen LogP contribution in [0.5, 0.6) is 0 Å². The van der Waals surface area contributed by atoms with Gasteiger partial charge in [-0.15, -0.1) is 0 Å². The molecule has 0 aromatic carbocycles. The topological polar surface area (TPSA) is 55.1 Å². The number of amides is 1.